The molecule has 0 aromatic heterocycles. The minimum atomic E-state index is -3.39. The van der Waals surface area contributed by atoms with Crippen molar-refractivity contribution in [2.45, 2.75) is 30.6 Å². The molecule has 8 heteroatoms. The van der Waals surface area contributed by atoms with Crippen molar-refractivity contribution in [3.8, 4) is 0 Å². The lowest BCUT2D eigenvalue weighted by Gasteiger charge is -2.33. The quantitative estimate of drug-likeness (QED) is 0.741. The number of benzene rings is 2. The van der Waals surface area contributed by atoms with Crippen molar-refractivity contribution < 1.29 is 17.6 Å². The molecule has 2 fully saturated rings. The Morgan fingerprint density at radius 2 is 1.61 bits per heavy atom. The van der Waals surface area contributed by atoms with Crippen LogP contribution in [-0.2, 0) is 10.0 Å². The molecule has 0 radical (unpaired) electrons. The predicted octanol–water partition coefficient (Wildman–Crippen LogP) is 3.26. The predicted molar refractivity (Wildman–Crippen MR) is 118 cm³/mol. The van der Waals surface area contributed by atoms with E-state index < -0.39 is 15.8 Å². The van der Waals surface area contributed by atoms with Crippen LogP contribution < -0.4 is 10.2 Å². The number of hydrogen-bond donors (Lipinski definition) is 1. The second-order valence-corrected chi connectivity index (χ2v) is 10.2. The Balaban J connectivity index is 1.29. The first-order valence-electron chi connectivity index (χ1n) is 10.8. The average Bonchev–Trinajstić information content (AvgIpc) is 3.34. The molecule has 2 heterocycles. The van der Waals surface area contributed by atoms with Crippen molar-refractivity contribution in [1.82, 2.24) is 9.62 Å². The lowest BCUT2D eigenvalue weighted by molar-refractivity contribution is 0.0941. The van der Waals surface area contributed by atoms with E-state index >= 15 is 0 Å². The van der Waals surface area contributed by atoms with Crippen molar-refractivity contribution in [3.05, 3.63) is 59.9 Å². The van der Waals surface area contributed by atoms with E-state index in [4.69, 9.17) is 0 Å². The zero-order valence-electron chi connectivity index (χ0n) is 17.5. The number of sulfonamides is 1. The summed E-state index contributed by atoms with van der Waals surface area (Å²) in [5, 5.41) is 2.85. The largest absolute Gasteiger partial charge is 0.372 e. The molecule has 0 bridgehead atoms. The van der Waals surface area contributed by atoms with Crippen LogP contribution in [0.2, 0.25) is 0 Å². The fourth-order valence-electron chi connectivity index (χ4n) is 4.28. The van der Waals surface area contributed by atoms with Crippen LogP contribution in [0.5, 0.6) is 0 Å². The summed E-state index contributed by atoms with van der Waals surface area (Å²) in [6, 6.07) is 13.1. The minimum Gasteiger partial charge on any atom is -0.372 e. The van der Waals surface area contributed by atoms with Crippen molar-refractivity contribution in [2.75, 3.05) is 37.6 Å². The third-order valence-corrected chi connectivity index (χ3v) is 8.10. The van der Waals surface area contributed by atoms with Crippen molar-refractivity contribution in [3.63, 3.8) is 0 Å². The summed E-state index contributed by atoms with van der Waals surface area (Å²) in [6.07, 6.45) is 3.66. The summed E-state index contributed by atoms with van der Waals surface area (Å²) in [7, 11) is -3.39. The minimum absolute atomic E-state index is 0.0731. The van der Waals surface area contributed by atoms with E-state index in [1.54, 1.807) is 28.6 Å². The number of nitrogens with zero attached hydrogens (tertiary/aromatic N) is 2. The molecule has 2 saturated heterocycles. The topological polar surface area (TPSA) is 69.7 Å². The van der Waals surface area contributed by atoms with E-state index in [1.807, 2.05) is 12.1 Å². The molecule has 2 aromatic rings. The van der Waals surface area contributed by atoms with Crippen molar-refractivity contribution in [2.24, 2.45) is 5.92 Å². The van der Waals surface area contributed by atoms with Gasteiger partial charge in [-0.05, 0) is 68.0 Å². The lowest BCUT2D eigenvalue weighted by atomic mass is 9.96. The molecule has 2 aliphatic rings. The first kappa shape index (κ1) is 21.8. The molecule has 0 spiro atoms. The Labute approximate surface area is 183 Å². The van der Waals surface area contributed by atoms with Crippen molar-refractivity contribution in [1.29, 1.82) is 0 Å². The van der Waals surface area contributed by atoms with Gasteiger partial charge in [-0.25, -0.2) is 12.8 Å². The van der Waals surface area contributed by atoms with Gasteiger partial charge in [0.2, 0.25) is 10.0 Å². The maximum Gasteiger partial charge on any atom is 0.254 e. The number of amides is 1. The van der Waals surface area contributed by atoms with Crippen LogP contribution >= 0.6 is 0 Å². The highest BCUT2D eigenvalue weighted by molar-refractivity contribution is 7.89. The Hall–Kier alpha value is -2.45. The number of halogens is 1. The maximum absolute atomic E-state index is 13.7. The summed E-state index contributed by atoms with van der Waals surface area (Å²) < 4.78 is 40.6. The highest BCUT2D eigenvalue weighted by Crippen LogP contribution is 2.26. The van der Waals surface area contributed by atoms with E-state index in [0.717, 1.165) is 44.5 Å². The first-order valence-corrected chi connectivity index (χ1v) is 12.3. The monoisotopic (exact) mass is 445 g/mol. The second-order valence-electron chi connectivity index (χ2n) is 8.23. The lowest BCUT2D eigenvalue weighted by Crippen LogP contribution is -2.38. The fourth-order valence-corrected chi connectivity index (χ4v) is 5.80. The molecule has 2 aliphatic heterocycles. The van der Waals surface area contributed by atoms with Gasteiger partial charge < -0.3 is 10.2 Å². The molecular formula is C23H28FN3O3S. The first-order chi connectivity index (χ1) is 14.9. The third-order valence-electron chi connectivity index (χ3n) is 6.19. The van der Waals surface area contributed by atoms with E-state index in [2.05, 4.69) is 10.2 Å². The molecule has 1 N–H and O–H groups in total. The van der Waals surface area contributed by atoms with Gasteiger partial charge in [-0.1, -0.05) is 12.1 Å². The van der Waals surface area contributed by atoms with Crippen LogP contribution in [0.25, 0.3) is 0 Å². The Kier molecular flexibility index (Phi) is 6.57. The molecular weight excluding hydrogens is 417 g/mol. The van der Waals surface area contributed by atoms with Gasteiger partial charge in [-0.2, -0.15) is 4.31 Å². The van der Waals surface area contributed by atoms with Gasteiger partial charge in [0.1, 0.15) is 5.82 Å². The standard InChI is InChI=1S/C23H28FN3O3S/c24-22-6-2-1-5-21(22)23(28)25-17-18-11-15-26(16-12-18)19-7-9-20(10-8-19)31(29,30)27-13-3-4-14-27/h1-2,5-10,18H,3-4,11-17H2,(H,25,28). The number of anilines is 1. The third kappa shape index (κ3) is 4.91. The molecule has 31 heavy (non-hydrogen) atoms. The SMILES string of the molecule is O=C(NCC1CCN(c2ccc(S(=O)(=O)N3CCCC3)cc2)CC1)c1ccccc1F. The molecule has 0 unspecified atom stereocenters. The van der Waals surface area contributed by atoms with Crippen LogP contribution in [0.15, 0.2) is 53.4 Å². The highest BCUT2D eigenvalue weighted by Gasteiger charge is 2.27. The summed E-state index contributed by atoms with van der Waals surface area (Å²) in [6.45, 7) is 3.39. The number of rotatable bonds is 6. The molecule has 4 rings (SSSR count). The van der Waals surface area contributed by atoms with Crippen LogP contribution in [0.4, 0.5) is 10.1 Å². The van der Waals surface area contributed by atoms with Gasteiger partial charge in [0, 0.05) is 38.4 Å². The molecule has 1 amide bonds. The molecule has 166 valence electrons. The molecule has 0 atom stereocenters. The van der Waals surface area contributed by atoms with Crippen LogP contribution in [-0.4, -0.2) is 51.4 Å². The smallest absolute Gasteiger partial charge is 0.254 e. The molecule has 6 nitrogen and oxygen atoms in total. The van der Waals surface area contributed by atoms with Gasteiger partial charge in [-0.3, -0.25) is 4.79 Å². The second kappa shape index (κ2) is 9.36. The van der Waals surface area contributed by atoms with E-state index in [-0.39, 0.29) is 11.5 Å². The molecule has 0 aliphatic carbocycles. The Morgan fingerprint density at radius 3 is 2.26 bits per heavy atom. The zero-order chi connectivity index (χ0) is 21.8. The molecule has 0 saturated carbocycles. The normalized spacial score (nSPS) is 18.3. The van der Waals surface area contributed by atoms with Gasteiger partial charge in [0.25, 0.3) is 5.91 Å². The molecule has 2 aromatic carbocycles. The number of carbonyl (C=O) groups is 1. The zero-order valence-corrected chi connectivity index (χ0v) is 18.3. The maximum atomic E-state index is 13.7. The van der Waals surface area contributed by atoms with Gasteiger partial charge in [0.05, 0.1) is 10.5 Å². The van der Waals surface area contributed by atoms with Gasteiger partial charge in [0.15, 0.2) is 0 Å². The Morgan fingerprint density at radius 1 is 0.968 bits per heavy atom. The highest BCUT2D eigenvalue weighted by atomic mass is 32.2. The number of hydrogen-bond acceptors (Lipinski definition) is 4. The van der Waals surface area contributed by atoms with E-state index in [9.17, 15) is 17.6 Å². The summed E-state index contributed by atoms with van der Waals surface area (Å²) in [5.41, 5.74) is 1.08. The van der Waals surface area contributed by atoms with E-state index in [0.29, 0.717) is 30.4 Å². The summed E-state index contributed by atoms with van der Waals surface area (Å²) in [5.74, 6) is -0.554. The fraction of sp³-hybridized carbons (Fsp3) is 0.435. The van der Waals surface area contributed by atoms with Crippen LogP contribution in [0.1, 0.15) is 36.0 Å². The van der Waals surface area contributed by atoms with Crippen LogP contribution in [0, 0.1) is 11.7 Å². The Bertz CT molecular complexity index is 1010. The van der Waals surface area contributed by atoms with Crippen molar-refractivity contribution >= 4 is 21.6 Å². The van der Waals surface area contributed by atoms with E-state index in [1.165, 1.54) is 12.1 Å². The summed E-state index contributed by atoms with van der Waals surface area (Å²) in [4.78, 5) is 14.8. The number of carbonyl (C=O) groups excluding carboxylic acids is 1. The van der Waals surface area contributed by atoms with Crippen LogP contribution in [0.3, 0.4) is 0 Å². The number of nitrogens with one attached hydrogen (secondary N) is 1. The van der Waals surface area contributed by atoms with Gasteiger partial charge >= 0.3 is 0 Å². The number of piperidine rings is 1. The summed E-state index contributed by atoms with van der Waals surface area (Å²) >= 11 is 0. The average molecular weight is 446 g/mol. The van der Waals surface area contributed by atoms with Gasteiger partial charge in [-0.15, -0.1) is 0 Å².